The van der Waals surface area contributed by atoms with Gasteiger partial charge in [0, 0.05) is 19.1 Å². The minimum atomic E-state index is -1.01. The molecule has 0 spiro atoms. The number of pyridine rings is 1. The average Bonchev–Trinajstić information content (AvgIpc) is 2.39. The number of aromatic carboxylic acids is 1. The van der Waals surface area contributed by atoms with E-state index in [1.807, 2.05) is 0 Å². The molecule has 2 rings (SSSR count). The van der Waals surface area contributed by atoms with E-state index in [2.05, 4.69) is 28.9 Å². The lowest BCUT2D eigenvalue weighted by atomic mass is 10.0. The zero-order valence-corrected chi connectivity index (χ0v) is 11.3. The number of carboxylic acid groups (broad SMARTS) is 1. The largest absolute Gasteiger partial charge is 0.478 e. The number of piperidine rings is 1. The van der Waals surface area contributed by atoms with Gasteiger partial charge in [-0.3, -0.25) is 0 Å². The van der Waals surface area contributed by atoms with Crippen LogP contribution in [0.5, 0.6) is 0 Å². The highest BCUT2D eigenvalue weighted by Gasteiger charge is 2.23. The van der Waals surface area contributed by atoms with Gasteiger partial charge in [0.05, 0.1) is 17.4 Å². The summed E-state index contributed by atoms with van der Waals surface area (Å²) in [6, 6.07) is 2.04. The topological polar surface area (TPSA) is 82.7 Å². The van der Waals surface area contributed by atoms with Crippen LogP contribution >= 0.6 is 0 Å². The molecular formula is C13H20N4O2. The third-order valence-corrected chi connectivity index (χ3v) is 3.60. The number of hydrogen-bond donors (Lipinski definition) is 2. The van der Waals surface area contributed by atoms with E-state index in [4.69, 9.17) is 10.8 Å². The number of carboxylic acids is 1. The van der Waals surface area contributed by atoms with Gasteiger partial charge in [0.15, 0.2) is 0 Å². The zero-order valence-electron chi connectivity index (χ0n) is 11.3. The first-order valence-electron chi connectivity index (χ1n) is 6.39. The van der Waals surface area contributed by atoms with Crippen LogP contribution in [0.2, 0.25) is 0 Å². The van der Waals surface area contributed by atoms with Crippen molar-refractivity contribution >= 4 is 17.5 Å². The zero-order chi connectivity index (χ0) is 14.0. The van der Waals surface area contributed by atoms with Crippen molar-refractivity contribution in [1.82, 2.24) is 9.88 Å². The SMILES string of the molecule is CN(C)C1CCCN(c2cc(C(=O)O)c(N)cn2)C1. The van der Waals surface area contributed by atoms with E-state index in [0.29, 0.717) is 11.9 Å². The fraction of sp³-hybridized carbons (Fsp3) is 0.538. The molecule has 0 aliphatic carbocycles. The van der Waals surface area contributed by atoms with Gasteiger partial charge in [-0.05, 0) is 33.0 Å². The molecule has 1 aromatic rings. The summed E-state index contributed by atoms with van der Waals surface area (Å²) < 4.78 is 0. The van der Waals surface area contributed by atoms with Gasteiger partial charge >= 0.3 is 5.97 Å². The lowest BCUT2D eigenvalue weighted by Gasteiger charge is -2.36. The lowest BCUT2D eigenvalue weighted by Crippen LogP contribution is -2.45. The highest BCUT2D eigenvalue weighted by molar-refractivity contribution is 5.94. The van der Waals surface area contributed by atoms with E-state index in [-0.39, 0.29) is 11.3 Å². The first kappa shape index (κ1) is 13.6. The van der Waals surface area contributed by atoms with Crippen LogP contribution in [-0.4, -0.2) is 54.2 Å². The standard InChI is InChI=1S/C13H20N4O2/c1-16(2)9-4-3-5-17(8-9)12-6-10(13(18)19)11(14)7-15-12/h6-7,9H,3-5,8,14H2,1-2H3,(H,18,19). The summed E-state index contributed by atoms with van der Waals surface area (Å²) in [5.41, 5.74) is 5.95. The van der Waals surface area contributed by atoms with Crippen molar-refractivity contribution in [1.29, 1.82) is 0 Å². The molecular weight excluding hydrogens is 244 g/mol. The van der Waals surface area contributed by atoms with Crippen molar-refractivity contribution in [2.45, 2.75) is 18.9 Å². The summed E-state index contributed by atoms with van der Waals surface area (Å²) >= 11 is 0. The van der Waals surface area contributed by atoms with Gasteiger partial charge in [-0.15, -0.1) is 0 Å². The molecule has 19 heavy (non-hydrogen) atoms. The maximum Gasteiger partial charge on any atom is 0.337 e. The van der Waals surface area contributed by atoms with Gasteiger partial charge < -0.3 is 20.6 Å². The van der Waals surface area contributed by atoms with Crippen LogP contribution in [0.4, 0.5) is 11.5 Å². The molecule has 1 aromatic heterocycles. The molecule has 1 saturated heterocycles. The second-order valence-electron chi connectivity index (χ2n) is 5.14. The third kappa shape index (κ3) is 2.96. The number of anilines is 2. The predicted octanol–water partition coefficient (Wildman–Crippen LogP) is 0.892. The Balaban J connectivity index is 2.22. The molecule has 6 heteroatoms. The second kappa shape index (κ2) is 5.44. The van der Waals surface area contributed by atoms with E-state index >= 15 is 0 Å². The van der Waals surface area contributed by atoms with Gasteiger partial charge in [0.2, 0.25) is 0 Å². The minimum absolute atomic E-state index is 0.122. The Hall–Kier alpha value is -1.82. The Labute approximate surface area is 112 Å². The Kier molecular flexibility index (Phi) is 3.90. The Bertz CT molecular complexity index is 476. The van der Waals surface area contributed by atoms with Crippen molar-refractivity contribution in [3.05, 3.63) is 17.8 Å². The van der Waals surface area contributed by atoms with E-state index in [1.165, 1.54) is 6.20 Å². The number of nitrogens with zero attached hydrogens (tertiary/aromatic N) is 3. The van der Waals surface area contributed by atoms with Crippen LogP contribution in [0.3, 0.4) is 0 Å². The molecule has 0 saturated carbocycles. The van der Waals surface area contributed by atoms with E-state index < -0.39 is 5.97 Å². The monoisotopic (exact) mass is 264 g/mol. The van der Waals surface area contributed by atoms with Gasteiger partial charge in [0.1, 0.15) is 5.82 Å². The number of aromatic nitrogens is 1. The Morgan fingerprint density at radius 1 is 1.58 bits per heavy atom. The number of nitrogens with two attached hydrogens (primary N) is 1. The molecule has 0 radical (unpaired) electrons. The molecule has 0 aromatic carbocycles. The number of nitrogen functional groups attached to an aromatic ring is 1. The van der Waals surface area contributed by atoms with Crippen molar-refractivity contribution in [3.63, 3.8) is 0 Å². The molecule has 1 unspecified atom stereocenters. The van der Waals surface area contributed by atoms with Crippen molar-refractivity contribution in [2.75, 3.05) is 37.8 Å². The third-order valence-electron chi connectivity index (χ3n) is 3.60. The number of rotatable bonds is 3. The van der Waals surface area contributed by atoms with Crippen LogP contribution in [-0.2, 0) is 0 Å². The maximum atomic E-state index is 11.1. The molecule has 1 fully saturated rings. The first-order chi connectivity index (χ1) is 8.99. The number of likely N-dealkylation sites (N-methyl/N-ethyl adjacent to an activating group) is 1. The van der Waals surface area contributed by atoms with Gasteiger partial charge in [0.25, 0.3) is 0 Å². The molecule has 1 aliphatic rings. The van der Waals surface area contributed by atoms with Gasteiger partial charge in [-0.25, -0.2) is 9.78 Å². The molecule has 1 aliphatic heterocycles. The van der Waals surface area contributed by atoms with Gasteiger partial charge in [-0.2, -0.15) is 0 Å². The minimum Gasteiger partial charge on any atom is -0.478 e. The quantitative estimate of drug-likeness (QED) is 0.843. The summed E-state index contributed by atoms with van der Waals surface area (Å²) in [7, 11) is 4.13. The Morgan fingerprint density at radius 2 is 2.32 bits per heavy atom. The predicted molar refractivity (Wildman–Crippen MR) is 74.5 cm³/mol. The highest BCUT2D eigenvalue weighted by atomic mass is 16.4. The first-order valence-corrected chi connectivity index (χ1v) is 6.39. The summed E-state index contributed by atoms with van der Waals surface area (Å²) in [5.74, 6) is -0.319. The van der Waals surface area contributed by atoms with Crippen LogP contribution in [0.15, 0.2) is 12.3 Å². The number of hydrogen-bond acceptors (Lipinski definition) is 5. The average molecular weight is 264 g/mol. The summed E-state index contributed by atoms with van der Waals surface area (Å²) in [6.45, 7) is 1.77. The number of carbonyl (C=O) groups is 1. The van der Waals surface area contributed by atoms with E-state index in [0.717, 1.165) is 25.9 Å². The molecule has 3 N–H and O–H groups in total. The molecule has 1 atom stereocenters. The van der Waals surface area contributed by atoms with Crippen molar-refractivity contribution < 1.29 is 9.90 Å². The fourth-order valence-corrected chi connectivity index (χ4v) is 2.40. The normalized spacial score (nSPS) is 19.7. The van der Waals surface area contributed by atoms with Crippen molar-refractivity contribution in [2.24, 2.45) is 0 Å². The Morgan fingerprint density at radius 3 is 2.95 bits per heavy atom. The van der Waals surface area contributed by atoms with Crippen LogP contribution in [0, 0.1) is 0 Å². The molecule has 0 bridgehead atoms. The van der Waals surface area contributed by atoms with Crippen LogP contribution in [0.25, 0.3) is 0 Å². The van der Waals surface area contributed by atoms with Crippen LogP contribution in [0.1, 0.15) is 23.2 Å². The van der Waals surface area contributed by atoms with E-state index in [9.17, 15) is 4.79 Å². The molecule has 6 nitrogen and oxygen atoms in total. The maximum absolute atomic E-state index is 11.1. The lowest BCUT2D eigenvalue weighted by molar-refractivity contribution is 0.0698. The van der Waals surface area contributed by atoms with Crippen molar-refractivity contribution in [3.8, 4) is 0 Å². The fourth-order valence-electron chi connectivity index (χ4n) is 2.40. The van der Waals surface area contributed by atoms with Crippen LogP contribution < -0.4 is 10.6 Å². The second-order valence-corrected chi connectivity index (χ2v) is 5.14. The summed E-state index contributed by atoms with van der Waals surface area (Å²) in [6.07, 6.45) is 3.67. The van der Waals surface area contributed by atoms with Gasteiger partial charge in [-0.1, -0.05) is 0 Å². The molecule has 104 valence electrons. The summed E-state index contributed by atoms with van der Waals surface area (Å²) in [4.78, 5) is 19.7. The highest BCUT2D eigenvalue weighted by Crippen LogP contribution is 2.23. The smallest absolute Gasteiger partial charge is 0.337 e. The molecule has 0 amide bonds. The van der Waals surface area contributed by atoms with E-state index in [1.54, 1.807) is 6.07 Å². The summed E-state index contributed by atoms with van der Waals surface area (Å²) in [5, 5.41) is 9.09. The molecule has 2 heterocycles.